The van der Waals surface area contributed by atoms with Crippen molar-refractivity contribution >= 4 is 5.97 Å². The summed E-state index contributed by atoms with van der Waals surface area (Å²) in [5, 5.41) is 0. The van der Waals surface area contributed by atoms with Gasteiger partial charge in [-0.3, -0.25) is 4.79 Å². The van der Waals surface area contributed by atoms with E-state index in [1.54, 1.807) is 0 Å². The third kappa shape index (κ3) is 55.4. The fourth-order valence-corrected chi connectivity index (χ4v) is 11.3. The summed E-state index contributed by atoms with van der Waals surface area (Å²) in [5.74, 6) is 1.34. The van der Waals surface area contributed by atoms with Gasteiger partial charge in [0.25, 0.3) is 0 Å². The van der Waals surface area contributed by atoms with Crippen molar-refractivity contribution in [3.63, 3.8) is 0 Å². The summed E-state index contributed by atoms with van der Waals surface area (Å²) in [5.41, 5.74) is 2.80. The van der Waals surface area contributed by atoms with Crippen molar-refractivity contribution in [3.05, 3.63) is 36.0 Å². The lowest BCUT2D eigenvalue weighted by molar-refractivity contribution is -0.150. The van der Waals surface area contributed by atoms with Gasteiger partial charge in [-0.25, -0.2) is 0 Å². The number of carbonyl (C=O) groups excluding carboxylic acids is 1. The van der Waals surface area contributed by atoms with Crippen LogP contribution in [0.4, 0.5) is 0 Å². The summed E-state index contributed by atoms with van der Waals surface area (Å²) in [7, 11) is 0. The van der Waals surface area contributed by atoms with Gasteiger partial charge in [-0.2, -0.15) is 0 Å². The van der Waals surface area contributed by atoms with Crippen molar-refractivity contribution in [2.75, 3.05) is 66.1 Å². The highest BCUT2D eigenvalue weighted by Gasteiger charge is 2.16. The molecule has 7 heteroatoms. The Morgan fingerprint density at radius 2 is 0.785 bits per heavy atom. The number of esters is 1. The van der Waals surface area contributed by atoms with Crippen LogP contribution >= 0.6 is 0 Å². The van der Waals surface area contributed by atoms with Gasteiger partial charge < -0.3 is 28.4 Å². The van der Waals surface area contributed by atoms with Crippen molar-refractivity contribution in [3.8, 4) is 0 Å². The van der Waals surface area contributed by atoms with Gasteiger partial charge in [-0.15, -0.1) is 0 Å². The molecule has 1 aliphatic rings. The highest BCUT2D eigenvalue weighted by Crippen LogP contribution is 2.28. The summed E-state index contributed by atoms with van der Waals surface area (Å²) < 4.78 is 36.0. The van der Waals surface area contributed by atoms with Gasteiger partial charge in [0.15, 0.2) is 0 Å². The first kappa shape index (κ1) is 75.5. The minimum absolute atomic E-state index is 0.0285. The van der Waals surface area contributed by atoms with Gasteiger partial charge in [0, 0.05) is 32.2 Å². The molecule has 0 fully saturated rings. The smallest absolute Gasteiger partial charge is 0.306 e. The summed E-state index contributed by atoms with van der Waals surface area (Å²) in [6, 6.07) is 0. The zero-order chi connectivity index (χ0) is 56.8. The zero-order valence-corrected chi connectivity index (χ0v) is 53.5. The van der Waals surface area contributed by atoms with E-state index in [4.69, 9.17) is 28.4 Å². The maximum atomic E-state index is 12.9. The standard InChI is InChI=1S/C72H136O7/c1-6-10-14-18-26-36-48-68(49-37-27-19-15-11-7-2)63-67(5)47-35-25-22-23-28-38-52-70(66-77-58-46-34-45-56-74-59-60-75-61-62-78-64-69-50-39-33-40-51-69)65-76-57-44-32-24-31-43-55-72(73)79-71(53-41-29-20-16-12-8-3)54-42-30-21-17-13-9-4/h39,50-51,68,70-71H,5-38,40-49,52-66H2,1-4H3. The molecule has 1 rings (SSSR count). The van der Waals surface area contributed by atoms with Crippen LogP contribution in [0.5, 0.6) is 0 Å². The molecule has 0 aliphatic heterocycles. The first-order valence-electron chi connectivity index (χ1n) is 35.1. The molecule has 0 bridgehead atoms. The Hall–Kier alpha value is -1.51. The molecule has 7 nitrogen and oxygen atoms in total. The number of hydrogen-bond acceptors (Lipinski definition) is 7. The van der Waals surface area contributed by atoms with Crippen LogP contribution in [-0.2, 0) is 33.2 Å². The Balaban J connectivity index is 2.40. The highest BCUT2D eigenvalue weighted by atomic mass is 16.5. The Labute approximate surface area is 492 Å². The Morgan fingerprint density at radius 1 is 0.405 bits per heavy atom. The van der Waals surface area contributed by atoms with Gasteiger partial charge in [0.05, 0.1) is 46.2 Å². The van der Waals surface area contributed by atoms with Gasteiger partial charge >= 0.3 is 5.97 Å². The topological polar surface area (TPSA) is 72.5 Å². The van der Waals surface area contributed by atoms with E-state index < -0.39 is 0 Å². The molecular weight excluding hydrogens is 977 g/mol. The number of hydrogen-bond donors (Lipinski definition) is 0. The van der Waals surface area contributed by atoms with Crippen LogP contribution in [0.2, 0.25) is 0 Å². The first-order chi connectivity index (χ1) is 39.0. The molecule has 0 amide bonds. The van der Waals surface area contributed by atoms with Crippen molar-refractivity contribution in [1.82, 2.24) is 0 Å². The van der Waals surface area contributed by atoms with Gasteiger partial charge in [-0.05, 0) is 108 Å². The van der Waals surface area contributed by atoms with Crippen molar-refractivity contribution in [2.45, 2.75) is 342 Å². The van der Waals surface area contributed by atoms with Crippen LogP contribution < -0.4 is 0 Å². The highest BCUT2D eigenvalue weighted by molar-refractivity contribution is 5.69. The molecule has 0 saturated heterocycles. The lowest BCUT2D eigenvalue weighted by Crippen LogP contribution is -2.18. The first-order valence-corrected chi connectivity index (χ1v) is 35.1. The van der Waals surface area contributed by atoms with Crippen LogP contribution in [-0.4, -0.2) is 78.1 Å². The van der Waals surface area contributed by atoms with Crippen molar-refractivity contribution in [1.29, 1.82) is 0 Å². The third-order valence-electron chi connectivity index (χ3n) is 16.5. The Kier molecular flexibility index (Phi) is 59.8. The average Bonchev–Trinajstić information content (AvgIpc) is 3.45. The molecule has 466 valence electrons. The van der Waals surface area contributed by atoms with Gasteiger partial charge in [0.2, 0.25) is 0 Å². The molecule has 1 unspecified atom stereocenters. The van der Waals surface area contributed by atoms with E-state index in [9.17, 15) is 4.79 Å². The Bertz CT molecular complexity index is 1280. The SMILES string of the molecule is C=C(CCCCCCCCC(COCCCCCCCC(=O)OC(CCCCCCCC)CCCCCCCC)COCCCCCOCCOCCOCC1=CCCC=C1)CC(CCCCCCCC)CCCCCCCC. The van der Waals surface area contributed by atoms with Crippen molar-refractivity contribution in [2.24, 2.45) is 11.8 Å². The zero-order valence-electron chi connectivity index (χ0n) is 53.5. The van der Waals surface area contributed by atoms with Gasteiger partial charge in [-0.1, -0.05) is 264 Å². The van der Waals surface area contributed by atoms with Crippen molar-refractivity contribution < 1.29 is 33.2 Å². The molecule has 0 aromatic rings. The van der Waals surface area contributed by atoms with Crippen LogP contribution in [0.25, 0.3) is 0 Å². The summed E-state index contributed by atoms with van der Waals surface area (Å²) in [6.07, 6.45) is 67.0. The lowest BCUT2D eigenvalue weighted by Gasteiger charge is -2.19. The molecule has 0 aromatic heterocycles. The van der Waals surface area contributed by atoms with Crippen LogP contribution in [0.3, 0.4) is 0 Å². The normalized spacial score (nSPS) is 13.1. The van der Waals surface area contributed by atoms with E-state index in [-0.39, 0.29) is 12.1 Å². The molecule has 0 aromatic carbocycles. The predicted octanol–water partition coefficient (Wildman–Crippen LogP) is 22.1. The van der Waals surface area contributed by atoms with E-state index in [2.05, 4.69) is 52.5 Å². The molecule has 1 aliphatic carbocycles. The molecule has 0 heterocycles. The van der Waals surface area contributed by atoms with Gasteiger partial charge in [0.1, 0.15) is 6.10 Å². The van der Waals surface area contributed by atoms with E-state index in [0.717, 1.165) is 116 Å². The second-order valence-corrected chi connectivity index (χ2v) is 24.4. The molecular formula is C72H136O7. The van der Waals surface area contributed by atoms with E-state index in [1.165, 1.54) is 236 Å². The van der Waals surface area contributed by atoms with E-state index in [0.29, 0.717) is 45.4 Å². The molecule has 0 radical (unpaired) electrons. The number of rotatable bonds is 66. The average molecular weight is 1110 g/mol. The lowest BCUT2D eigenvalue weighted by atomic mass is 9.87. The molecule has 1 atom stereocenters. The number of unbranched alkanes of at least 4 members (excludes halogenated alkanes) is 31. The molecule has 0 saturated carbocycles. The molecule has 0 spiro atoms. The summed E-state index contributed by atoms with van der Waals surface area (Å²) >= 11 is 0. The van der Waals surface area contributed by atoms with Crippen LogP contribution in [0.15, 0.2) is 36.0 Å². The molecule has 79 heavy (non-hydrogen) atoms. The van der Waals surface area contributed by atoms with Crippen LogP contribution in [0, 0.1) is 11.8 Å². The number of ether oxygens (including phenoxy) is 6. The molecule has 0 N–H and O–H groups in total. The minimum atomic E-state index is 0.0285. The van der Waals surface area contributed by atoms with E-state index >= 15 is 0 Å². The summed E-state index contributed by atoms with van der Waals surface area (Å²) in [4.78, 5) is 12.9. The second-order valence-electron chi connectivity index (χ2n) is 24.4. The maximum absolute atomic E-state index is 12.9. The minimum Gasteiger partial charge on any atom is -0.462 e. The Morgan fingerprint density at radius 3 is 1.27 bits per heavy atom. The van der Waals surface area contributed by atoms with E-state index in [1.807, 2.05) is 0 Å². The summed E-state index contributed by atoms with van der Waals surface area (Å²) in [6.45, 7) is 20.9. The van der Waals surface area contributed by atoms with Crippen LogP contribution in [0.1, 0.15) is 336 Å². The second kappa shape index (κ2) is 62.5. The predicted molar refractivity (Wildman–Crippen MR) is 342 cm³/mol. The quantitative estimate of drug-likeness (QED) is 0.0341. The third-order valence-corrected chi connectivity index (χ3v) is 16.5. The number of allylic oxidation sites excluding steroid dienone is 3. The largest absolute Gasteiger partial charge is 0.462 e. The fourth-order valence-electron chi connectivity index (χ4n) is 11.3. The number of carbonyl (C=O) groups is 1. The fraction of sp³-hybridized carbons (Fsp3) is 0.903. The maximum Gasteiger partial charge on any atom is 0.306 e. The monoisotopic (exact) mass is 1110 g/mol.